The van der Waals surface area contributed by atoms with Crippen molar-refractivity contribution in [3.05, 3.63) is 0 Å². The Morgan fingerprint density at radius 2 is 1.68 bits per heavy atom. The number of rotatable bonds is 11. The van der Waals surface area contributed by atoms with E-state index in [-0.39, 0.29) is 31.1 Å². The molecule has 0 unspecified atom stereocenters. The molecule has 0 bridgehead atoms. The lowest BCUT2D eigenvalue weighted by molar-refractivity contribution is -0.147. The van der Waals surface area contributed by atoms with E-state index in [4.69, 9.17) is 14.3 Å². The molecule has 19 heavy (non-hydrogen) atoms. The Balaban J connectivity index is 3.32. The van der Waals surface area contributed by atoms with Crippen LogP contribution in [-0.4, -0.2) is 37.8 Å². The molecule has 0 radical (unpaired) electrons. The minimum atomic E-state index is -0.256. The zero-order valence-electron chi connectivity index (χ0n) is 12.1. The van der Waals surface area contributed by atoms with Gasteiger partial charge in [0.25, 0.3) is 0 Å². The van der Waals surface area contributed by atoms with Crippen molar-refractivity contribution < 1.29 is 23.9 Å². The fourth-order valence-corrected chi connectivity index (χ4v) is 1.24. The van der Waals surface area contributed by atoms with Gasteiger partial charge in [-0.05, 0) is 33.6 Å². The van der Waals surface area contributed by atoms with Gasteiger partial charge in [0.15, 0.2) is 0 Å². The lowest BCUT2D eigenvalue weighted by Crippen LogP contribution is -2.21. The first kappa shape index (κ1) is 17.9. The van der Waals surface area contributed by atoms with Crippen molar-refractivity contribution in [3.63, 3.8) is 0 Å². The summed E-state index contributed by atoms with van der Waals surface area (Å²) in [5, 5.41) is 0. The molecular formula is C13H25NO5. The van der Waals surface area contributed by atoms with Gasteiger partial charge in [0.05, 0.1) is 19.3 Å². The molecule has 0 aliphatic rings. The first-order valence-corrected chi connectivity index (χ1v) is 6.76. The van der Waals surface area contributed by atoms with E-state index in [9.17, 15) is 9.59 Å². The summed E-state index contributed by atoms with van der Waals surface area (Å²) in [4.78, 5) is 27.4. The van der Waals surface area contributed by atoms with Gasteiger partial charge >= 0.3 is 11.9 Å². The molecule has 0 saturated heterocycles. The van der Waals surface area contributed by atoms with Crippen LogP contribution in [0.5, 0.6) is 0 Å². The molecule has 0 aromatic rings. The third-order valence-electron chi connectivity index (χ3n) is 2.07. The van der Waals surface area contributed by atoms with E-state index >= 15 is 0 Å². The highest BCUT2D eigenvalue weighted by Gasteiger charge is 2.05. The van der Waals surface area contributed by atoms with Crippen molar-refractivity contribution in [2.24, 2.45) is 0 Å². The van der Waals surface area contributed by atoms with Gasteiger partial charge in [0, 0.05) is 19.4 Å². The number of carbonyl (C=O) groups excluding carboxylic acids is 2. The van der Waals surface area contributed by atoms with Crippen LogP contribution in [0.1, 0.15) is 46.5 Å². The largest absolute Gasteiger partial charge is 0.466 e. The predicted octanol–water partition coefficient (Wildman–Crippen LogP) is 1.58. The highest BCUT2D eigenvalue weighted by Crippen LogP contribution is 1.97. The Kier molecular flexibility index (Phi) is 11.2. The quantitative estimate of drug-likeness (QED) is 0.350. The lowest BCUT2D eigenvalue weighted by Gasteiger charge is -2.08. The van der Waals surface area contributed by atoms with Crippen LogP contribution in [-0.2, 0) is 23.9 Å². The molecule has 0 aliphatic carbocycles. The van der Waals surface area contributed by atoms with Gasteiger partial charge in [-0.3, -0.25) is 14.4 Å². The van der Waals surface area contributed by atoms with Crippen LogP contribution in [0.25, 0.3) is 0 Å². The Labute approximate surface area is 114 Å². The second kappa shape index (κ2) is 11.9. The average molecular weight is 275 g/mol. The first-order chi connectivity index (χ1) is 9.06. The second-order valence-corrected chi connectivity index (χ2v) is 4.29. The topological polar surface area (TPSA) is 73.9 Å². The summed E-state index contributed by atoms with van der Waals surface area (Å²) in [5.74, 6) is -0.510. The van der Waals surface area contributed by atoms with E-state index in [1.165, 1.54) is 0 Å². The third kappa shape index (κ3) is 13.1. The van der Waals surface area contributed by atoms with Crippen molar-refractivity contribution in [2.45, 2.75) is 52.6 Å². The molecule has 0 aliphatic heterocycles. The Morgan fingerprint density at radius 1 is 1.05 bits per heavy atom. The van der Waals surface area contributed by atoms with Gasteiger partial charge in [-0.2, -0.15) is 0 Å². The molecule has 1 N–H and O–H groups in total. The normalized spacial score (nSPS) is 10.5. The summed E-state index contributed by atoms with van der Waals surface area (Å²) in [5.41, 5.74) is 2.77. The average Bonchev–Trinajstić information content (AvgIpc) is 2.34. The monoisotopic (exact) mass is 275 g/mol. The van der Waals surface area contributed by atoms with Crippen molar-refractivity contribution in [1.82, 2.24) is 5.48 Å². The summed E-state index contributed by atoms with van der Waals surface area (Å²) < 4.78 is 9.74. The van der Waals surface area contributed by atoms with Gasteiger partial charge in [-0.15, -0.1) is 0 Å². The maximum absolute atomic E-state index is 11.3. The maximum Gasteiger partial charge on any atom is 0.305 e. The molecular weight excluding hydrogens is 250 g/mol. The zero-order chi connectivity index (χ0) is 14.5. The fraction of sp³-hybridized carbons (Fsp3) is 0.846. The summed E-state index contributed by atoms with van der Waals surface area (Å²) in [6, 6.07) is 0. The van der Waals surface area contributed by atoms with E-state index < -0.39 is 0 Å². The van der Waals surface area contributed by atoms with Crippen molar-refractivity contribution in [1.29, 1.82) is 0 Å². The van der Waals surface area contributed by atoms with E-state index in [0.29, 0.717) is 32.4 Å². The summed E-state index contributed by atoms with van der Waals surface area (Å²) in [6.45, 7) is 6.85. The molecule has 0 aromatic heterocycles. The smallest absolute Gasteiger partial charge is 0.305 e. The minimum Gasteiger partial charge on any atom is -0.466 e. The number of hydrogen-bond donors (Lipinski definition) is 1. The molecule has 0 saturated carbocycles. The van der Waals surface area contributed by atoms with Gasteiger partial charge in [0.2, 0.25) is 0 Å². The molecule has 0 atom stereocenters. The number of hydrogen-bond acceptors (Lipinski definition) is 6. The fourth-order valence-electron chi connectivity index (χ4n) is 1.24. The lowest BCUT2D eigenvalue weighted by atomic mass is 10.3. The van der Waals surface area contributed by atoms with Crippen LogP contribution in [0.2, 0.25) is 0 Å². The summed E-state index contributed by atoms with van der Waals surface area (Å²) in [6.07, 6.45) is 1.90. The molecule has 112 valence electrons. The number of esters is 2. The van der Waals surface area contributed by atoms with Crippen molar-refractivity contribution in [3.8, 4) is 0 Å². The molecule has 0 rings (SSSR count). The van der Waals surface area contributed by atoms with E-state index in [1.54, 1.807) is 6.92 Å². The van der Waals surface area contributed by atoms with E-state index in [2.05, 4.69) is 5.48 Å². The number of carbonyl (C=O) groups is 2. The zero-order valence-corrected chi connectivity index (χ0v) is 12.1. The Morgan fingerprint density at radius 3 is 2.32 bits per heavy atom. The summed E-state index contributed by atoms with van der Waals surface area (Å²) in [7, 11) is 0. The minimum absolute atomic E-state index is 0.120. The van der Waals surface area contributed by atoms with Gasteiger partial charge in [-0.1, -0.05) is 0 Å². The van der Waals surface area contributed by atoms with Crippen LogP contribution < -0.4 is 5.48 Å². The van der Waals surface area contributed by atoms with Crippen molar-refractivity contribution in [2.75, 3.05) is 19.8 Å². The standard InChI is InChI=1S/C13H25NO5/c1-4-17-12(15)8-6-10-18-13(16)7-5-9-14-19-11(2)3/h11,14H,4-10H2,1-3H3. The second-order valence-electron chi connectivity index (χ2n) is 4.29. The van der Waals surface area contributed by atoms with Crippen LogP contribution >= 0.6 is 0 Å². The van der Waals surface area contributed by atoms with Crippen LogP contribution in [0, 0.1) is 0 Å². The molecule has 6 heteroatoms. The molecule has 0 spiro atoms. The number of ether oxygens (including phenoxy) is 2. The molecule has 0 heterocycles. The highest BCUT2D eigenvalue weighted by atomic mass is 16.7. The molecule has 0 amide bonds. The van der Waals surface area contributed by atoms with Gasteiger partial charge < -0.3 is 9.47 Å². The summed E-state index contributed by atoms with van der Waals surface area (Å²) >= 11 is 0. The Hall–Kier alpha value is -1.14. The third-order valence-corrected chi connectivity index (χ3v) is 2.07. The van der Waals surface area contributed by atoms with Crippen molar-refractivity contribution >= 4 is 11.9 Å². The highest BCUT2D eigenvalue weighted by molar-refractivity contribution is 5.70. The number of nitrogens with one attached hydrogen (secondary N) is 1. The predicted molar refractivity (Wildman–Crippen MR) is 70.3 cm³/mol. The van der Waals surface area contributed by atoms with Crippen LogP contribution in [0.3, 0.4) is 0 Å². The molecule has 6 nitrogen and oxygen atoms in total. The first-order valence-electron chi connectivity index (χ1n) is 6.76. The van der Waals surface area contributed by atoms with Crippen LogP contribution in [0.15, 0.2) is 0 Å². The van der Waals surface area contributed by atoms with Crippen LogP contribution in [0.4, 0.5) is 0 Å². The van der Waals surface area contributed by atoms with Gasteiger partial charge in [-0.25, -0.2) is 5.48 Å². The maximum atomic E-state index is 11.3. The van der Waals surface area contributed by atoms with E-state index in [0.717, 1.165) is 0 Å². The number of hydroxylamine groups is 1. The SMILES string of the molecule is CCOC(=O)CCCOC(=O)CCCNOC(C)C. The molecule has 0 aromatic carbocycles. The van der Waals surface area contributed by atoms with Gasteiger partial charge in [0.1, 0.15) is 0 Å². The van der Waals surface area contributed by atoms with E-state index in [1.807, 2.05) is 13.8 Å². The Bertz CT molecular complexity index is 255. The molecule has 0 fully saturated rings.